The number of rotatable bonds is 5. The third kappa shape index (κ3) is 4.72. The third-order valence-corrected chi connectivity index (χ3v) is 8.71. The van der Waals surface area contributed by atoms with Crippen LogP contribution in [0.1, 0.15) is 24.0 Å². The molecule has 1 N–H and O–H groups in total. The van der Waals surface area contributed by atoms with Gasteiger partial charge in [-0.2, -0.15) is 9.40 Å². The topological polar surface area (TPSA) is 103 Å². The van der Waals surface area contributed by atoms with E-state index in [9.17, 15) is 13.2 Å². The second-order valence-electron chi connectivity index (χ2n) is 9.39. The van der Waals surface area contributed by atoms with E-state index in [2.05, 4.69) is 47.1 Å². The number of carbonyl (C=O) groups excluding carboxylic acids is 1. The van der Waals surface area contributed by atoms with Gasteiger partial charge >= 0.3 is 0 Å². The fraction of sp³-hybridized carbons (Fsp3) is 0.440. The van der Waals surface area contributed by atoms with Crippen LogP contribution in [0.4, 0.5) is 5.69 Å². The van der Waals surface area contributed by atoms with Gasteiger partial charge in [-0.1, -0.05) is 12.1 Å². The van der Waals surface area contributed by atoms with E-state index >= 15 is 0 Å². The number of anilines is 1. The number of nitrogens with one attached hydrogen (secondary N) is 1. The molecule has 1 atom stereocenters. The molecule has 2 aromatic heterocycles. The Bertz CT molecular complexity index is 1290. The number of furan rings is 1. The van der Waals surface area contributed by atoms with E-state index < -0.39 is 10.0 Å². The van der Waals surface area contributed by atoms with E-state index in [1.54, 1.807) is 18.3 Å². The summed E-state index contributed by atoms with van der Waals surface area (Å²) in [5.41, 5.74) is 4.29. The molecule has 0 saturated carbocycles. The summed E-state index contributed by atoms with van der Waals surface area (Å²) in [7, 11) is -3.83. The molecule has 2 fully saturated rings. The normalized spacial score (nSPS) is 19.8. The lowest BCUT2D eigenvalue weighted by atomic mass is 9.97. The van der Waals surface area contributed by atoms with E-state index in [4.69, 9.17) is 4.42 Å². The molecular formula is C25H31N5O4S. The Kier molecular flexibility index (Phi) is 6.41. The van der Waals surface area contributed by atoms with Crippen LogP contribution in [0.15, 0.2) is 52.1 Å². The number of carbonyl (C=O) groups is 1. The van der Waals surface area contributed by atoms with Gasteiger partial charge in [0.25, 0.3) is 10.0 Å². The first-order valence-corrected chi connectivity index (χ1v) is 13.5. The Balaban J connectivity index is 1.23. The van der Waals surface area contributed by atoms with Crippen LogP contribution in [0.25, 0.3) is 11.5 Å². The number of hydrogen-bond acceptors (Lipinski definition) is 6. The highest BCUT2D eigenvalue weighted by atomic mass is 32.2. The van der Waals surface area contributed by atoms with Gasteiger partial charge in [-0.3, -0.25) is 9.89 Å². The molecule has 0 unspecified atom stereocenters. The SMILES string of the molecule is Cc1ccc(C)c(N2CCN(C(=O)[C@@H]3CCCN(S(=O)(=O)c4ccc(-c5ccn[nH]5)o4)C3)CC2)c1. The molecule has 186 valence electrons. The number of amides is 1. The van der Waals surface area contributed by atoms with E-state index in [1.165, 1.54) is 27.2 Å². The van der Waals surface area contributed by atoms with Crippen molar-refractivity contribution in [3.63, 3.8) is 0 Å². The van der Waals surface area contributed by atoms with Crippen LogP contribution in [-0.4, -0.2) is 73.0 Å². The maximum absolute atomic E-state index is 13.3. The average molecular weight is 498 g/mol. The van der Waals surface area contributed by atoms with Crippen molar-refractivity contribution < 1.29 is 17.6 Å². The van der Waals surface area contributed by atoms with Crippen LogP contribution in [0, 0.1) is 19.8 Å². The Labute approximate surface area is 205 Å². The van der Waals surface area contributed by atoms with Crippen LogP contribution in [0.2, 0.25) is 0 Å². The molecule has 0 spiro atoms. The predicted molar refractivity (Wildman–Crippen MR) is 132 cm³/mol. The molecule has 1 aromatic carbocycles. The number of nitrogens with zero attached hydrogens (tertiary/aromatic N) is 4. The molecule has 10 heteroatoms. The van der Waals surface area contributed by atoms with Crippen molar-refractivity contribution >= 4 is 21.6 Å². The summed E-state index contributed by atoms with van der Waals surface area (Å²) in [4.78, 5) is 17.6. The van der Waals surface area contributed by atoms with Crippen LogP contribution in [0.3, 0.4) is 0 Å². The van der Waals surface area contributed by atoms with Gasteiger partial charge in [0.15, 0.2) is 5.76 Å². The van der Waals surface area contributed by atoms with Crippen molar-refractivity contribution in [2.75, 3.05) is 44.2 Å². The lowest BCUT2D eigenvalue weighted by Gasteiger charge is -2.39. The van der Waals surface area contributed by atoms with Crippen molar-refractivity contribution in [2.45, 2.75) is 31.8 Å². The summed E-state index contributed by atoms with van der Waals surface area (Å²) in [6, 6.07) is 11.2. The van der Waals surface area contributed by atoms with Crippen LogP contribution >= 0.6 is 0 Å². The first-order valence-electron chi connectivity index (χ1n) is 12.0. The van der Waals surface area contributed by atoms with Crippen molar-refractivity contribution in [3.05, 3.63) is 53.7 Å². The zero-order chi connectivity index (χ0) is 24.6. The van der Waals surface area contributed by atoms with Crippen molar-refractivity contribution in [1.82, 2.24) is 19.4 Å². The predicted octanol–water partition coefficient (Wildman–Crippen LogP) is 3.04. The van der Waals surface area contributed by atoms with Gasteiger partial charge in [0.05, 0.1) is 5.92 Å². The van der Waals surface area contributed by atoms with Crippen LogP contribution < -0.4 is 4.90 Å². The molecule has 0 bridgehead atoms. The second-order valence-corrected chi connectivity index (χ2v) is 11.3. The quantitative estimate of drug-likeness (QED) is 0.581. The Morgan fingerprint density at radius 3 is 2.60 bits per heavy atom. The number of aromatic nitrogens is 2. The van der Waals surface area contributed by atoms with Gasteiger partial charge in [-0.15, -0.1) is 0 Å². The summed E-state index contributed by atoms with van der Waals surface area (Å²) in [6.45, 7) is 7.58. The summed E-state index contributed by atoms with van der Waals surface area (Å²) in [5.74, 6) is 0.114. The van der Waals surface area contributed by atoms with Crippen molar-refractivity contribution in [2.24, 2.45) is 5.92 Å². The number of hydrogen-bond donors (Lipinski definition) is 1. The molecule has 9 nitrogen and oxygen atoms in total. The molecule has 2 saturated heterocycles. The number of sulfonamides is 1. The number of piperidine rings is 1. The second kappa shape index (κ2) is 9.50. The lowest BCUT2D eigenvalue weighted by Crippen LogP contribution is -2.53. The number of H-pyrrole nitrogens is 1. The van der Waals surface area contributed by atoms with Gasteiger partial charge in [-0.25, -0.2) is 8.42 Å². The van der Waals surface area contributed by atoms with Gasteiger partial charge in [0, 0.05) is 51.2 Å². The zero-order valence-electron chi connectivity index (χ0n) is 20.1. The van der Waals surface area contributed by atoms with E-state index in [1.807, 2.05) is 4.90 Å². The molecule has 35 heavy (non-hydrogen) atoms. The molecular weight excluding hydrogens is 466 g/mol. The number of aryl methyl sites for hydroxylation is 2. The van der Waals surface area contributed by atoms with Gasteiger partial charge in [-0.05, 0) is 62.1 Å². The minimum absolute atomic E-state index is 0.0445. The highest BCUT2D eigenvalue weighted by Gasteiger charge is 2.37. The minimum atomic E-state index is -3.83. The molecule has 1 amide bonds. The van der Waals surface area contributed by atoms with E-state index in [-0.39, 0.29) is 23.5 Å². The molecule has 5 rings (SSSR count). The summed E-state index contributed by atoms with van der Waals surface area (Å²) in [5, 5.41) is 6.53. The van der Waals surface area contributed by atoms with Crippen LogP contribution in [0.5, 0.6) is 0 Å². The maximum Gasteiger partial charge on any atom is 0.276 e. The van der Waals surface area contributed by atoms with E-state index in [0.717, 1.165) is 13.1 Å². The van der Waals surface area contributed by atoms with Gasteiger partial charge < -0.3 is 14.2 Å². The summed E-state index contributed by atoms with van der Waals surface area (Å²) in [6.07, 6.45) is 2.92. The Hall–Kier alpha value is -3.11. The summed E-state index contributed by atoms with van der Waals surface area (Å²) >= 11 is 0. The highest BCUT2D eigenvalue weighted by Crippen LogP contribution is 2.29. The molecule has 2 aliphatic rings. The molecule has 4 heterocycles. The highest BCUT2D eigenvalue weighted by molar-refractivity contribution is 7.89. The molecule has 0 radical (unpaired) electrons. The Morgan fingerprint density at radius 2 is 1.86 bits per heavy atom. The third-order valence-electron chi connectivity index (χ3n) is 6.97. The van der Waals surface area contributed by atoms with Crippen molar-refractivity contribution in [1.29, 1.82) is 0 Å². The summed E-state index contributed by atoms with van der Waals surface area (Å²) < 4.78 is 33.5. The minimum Gasteiger partial charge on any atom is -0.442 e. The largest absolute Gasteiger partial charge is 0.442 e. The van der Waals surface area contributed by atoms with Crippen molar-refractivity contribution in [3.8, 4) is 11.5 Å². The number of piperazine rings is 1. The molecule has 0 aliphatic carbocycles. The average Bonchev–Trinajstić information content (AvgIpc) is 3.58. The zero-order valence-corrected chi connectivity index (χ0v) is 20.9. The Morgan fingerprint density at radius 1 is 1.06 bits per heavy atom. The lowest BCUT2D eigenvalue weighted by molar-refractivity contribution is -0.137. The number of benzene rings is 1. The van der Waals surface area contributed by atoms with E-state index in [0.29, 0.717) is 43.9 Å². The van der Waals surface area contributed by atoms with Gasteiger partial charge in [0.2, 0.25) is 11.0 Å². The smallest absolute Gasteiger partial charge is 0.276 e. The first kappa shape index (κ1) is 23.6. The fourth-order valence-corrected chi connectivity index (χ4v) is 6.41. The number of aromatic amines is 1. The fourth-order valence-electron chi connectivity index (χ4n) is 4.97. The standard InChI is InChI=1S/C25H31N5O4S/c1-18-5-6-19(2)22(16-18)28-12-14-29(15-13-28)25(31)20-4-3-11-30(17-20)35(32,33)24-8-7-23(34-24)21-9-10-26-27-21/h5-10,16,20H,3-4,11-15,17H2,1-2H3,(H,26,27)/t20-/m1/s1. The van der Waals surface area contributed by atoms with Gasteiger partial charge in [0.1, 0.15) is 5.69 Å². The van der Waals surface area contributed by atoms with Crippen LogP contribution in [-0.2, 0) is 14.8 Å². The monoisotopic (exact) mass is 497 g/mol. The molecule has 2 aliphatic heterocycles. The molecule has 3 aromatic rings. The first-order chi connectivity index (χ1) is 16.8. The maximum atomic E-state index is 13.3.